The molecule has 0 saturated heterocycles. The van der Waals surface area contributed by atoms with Gasteiger partial charge in [-0.3, -0.25) is 9.63 Å². The Labute approximate surface area is 142 Å². The molecule has 0 aliphatic heterocycles. The van der Waals surface area contributed by atoms with Gasteiger partial charge in [0.2, 0.25) is 0 Å². The molecule has 2 rings (SSSR count). The number of hydrogen-bond acceptors (Lipinski definition) is 4. The molecule has 24 heavy (non-hydrogen) atoms. The van der Waals surface area contributed by atoms with Crippen molar-refractivity contribution < 1.29 is 18.0 Å². The molecule has 0 aromatic heterocycles. The Bertz CT molecular complexity index is 863. The number of amides is 1. The van der Waals surface area contributed by atoms with Crippen LogP contribution in [0.2, 0.25) is 0 Å². The number of hydroxylamine groups is 1. The van der Waals surface area contributed by atoms with E-state index in [1.165, 1.54) is 32.4 Å². The molecule has 1 N–H and O–H groups in total. The van der Waals surface area contributed by atoms with Gasteiger partial charge in [-0.1, -0.05) is 22.7 Å². The molecular formula is C17H20N2O4S. The third-order valence-corrected chi connectivity index (χ3v) is 5.52. The second-order valence-corrected chi connectivity index (χ2v) is 7.26. The van der Waals surface area contributed by atoms with E-state index in [-0.39, 0.29) is 16.4 Å². The molecule has 0 heterocycles. The Morgan fingerprint density at radius 1 is 1.12 bits per heavy atom. The lowest BCUT2D eigenvalue weighted by Crippen LogP contribution is -2.26. The second kappa shape index (κ2) is 7.12. The molecule has 0 fully saturated rings. The zero-order valence-corrected chi connectivity index (χ0v) is 14.8. The first-order valence-corrected chi connectivity index (χ1v) is 8.72. The third-order valence-electron chi connectivity index (χ3n) is 3.84. The van der Waals surface area contributed by atoms with Crippen molar-refractivity contribution in [2.24, 2.45) is 0 Å². The lowest BCUT2D eigenvalue weighted by molar-refractivity contribution is -0.0258. The summed E-state index contributed by atoms with van der Waals surface area (Å²) >= 11 is 0. The van der Waals surface area contributed by atoms with Crippen LogP contribution in [0, 0.1) is 13.8 Å². The Morgan fingerprint density at radius 3 is 2.46 bits per heavy atom. The molecule has 7 heteroatoms. The average Bonchev–Trinajstić information content (AvgIpc) is 2.58. The van der Waals surface area contributed by atoms with Crippen LogP contribution in [0.25, 0.3) is 0 Å². The second-order valence-electron chi connectivity index (χ2n) is 5.33. The Kier molecular flexibility index (Phi) is 5.38. The monoisotopic (exact) mass is 348 g/mol. The summed E-state index contributed by atoms with van der Waals surface area (Å²) in [7, 11) is -1.25. The number of carbonyl (C=O) groups excluding carboxylic acids is 1. The van der Waals surface area contributed by atoms with E-state index in [1.807, 2.05) is 26.0 Å². The number of nitrogens with one attached hydrogen (secondary N) is 1. The SMILES string of the molecule is CON(C)S(=O)(=O)c1cccc(C(=O)Nc2cccc(C)c2C)c1. The van der Waals surface area contributed by atoms with E-state index < -0.39 is 10.0 Å². The van der Waals surface area contributed by atoms with Crippen molar-refractivity contribution in [3.05, 3.63) is 59.2 Å². The van der Waals surface area contributed by atoms with Gasteiger partial charge in [-0.15, -0.1) is 0 Å². The summed E-state index contributed by atoms with van der Waals surface area (Å²) in [5.74, 6) is -0.374. The Hall–Kier alpha value is -2.22. The van der Waals surface area contributed by atoms with Crippen LogP contribution in [0.3, 0.4) is 0 Å². The first-order valence-electron chi connectivity index (χ1n) is 7.28. The van der Waals surface area contributed by atoms with Crippen LogP contribution in [0.15, 0.2) is 47.4 Å². The molecule has 1 amide bonds. The summed E-state index contributed by atoms with van der Waals surface area (Å²) < 4.78 is 25.3. The normalized spacial score (nSPS) is 11.5. The lowest BCUT2D eigenvalue weighted by atomic mass is 10.1. The highest BCUT2D eigenvalue weighted by Crippen LogP contribution is 2.20. The number of sulfonamides is 1. The number of aryl methyl sites for hydroxylation is 1. The van der Waals surface area contributed by atoms with Gasteiger partial charge < -0.3 is 5.32 Å². The van der Waals surface area contributed by atoms with Gasteiger partial charge in [-0.05, 0) is 49.2 Å². The maximum Gasteiger partial charge on any atom is 0.264 e. The minimum absolute atomic E-state index is 0.0135. The Balaban J connectivity index is 2.32. The highest BCUT2D eigenvalue weighted by atomic mass is 32.2. The lowest BCUT2D eigenvalue weighted by Gasteiger charge is -2.15. The summed E-state index contributed by atoms with van der Waals surface area (Å²) in [5, 5.41) is 2.81. The summed E-state index contributed by atoms with van der Waals surface area (Å²) in [5.41, 5.74) is 2.98. The van der Waals surface area contributed by atoms with Gasteiger partial charge in [0, 0.05) is 18.3 Å². The molecule has 128 valence electrons. The smallest absolute Gasteiger partial charge is 0.264 e. The quantitative estimate of drug-likeness (QED) is 0.843. The van der Waals surface area contributed by atoms with Gasteiger partial charge in [-0.25, -0.2) is 8.42 Å². The molecule has 0 saturated carbocycles. The van der Waals surface area contributed by atoms with Crippen LogP contribution in [0.4, 0.5) is 5.69 Å². The molecule has 0 aliphatic carbocycles. The number of carbonyl (C=O) groups is 1. The van der Waals surface area contributed by atoms with Gasteiger partial charge in [0.05, 0.1) is 12.0 Å². The molecule has 0 aliphatic rings. The van der Waals surface area contributed by atoms with Crippen molar-refractivity contribution in [1.29, 1.82) is 0 Å². The van der Waals surface area contributed by atoms with E-state index in [0.717, 1.165) is 15.6 Å². The minimum atomic E-state index is -3.80. The molecule has 0 bridgehead atoms. The average molecular weight is 348 g/mol. The standard InChI is InChI=1S/C17H20N2O4S/c1-12-7-5-10-16(13(12)2)18-17(20)14-8-6-9-15(11-14)24(21,22)19(3)23-4/h5-11H,1-4H3,(H,18,20). The number of anilines is 1. The molecule has 0 unspecified atom stereocenters. The van der Waals surface area contributed by atoms with E-state index in [2.05, 4.69) is 5.32 Å². The van der Waals surface area contributed by atoms with Crippen molar-refractivity contribution in [3.8, 4) is 0 Å². The first kappa shape index (κ1) is 18.1. The van der Waals surface area contributed by atoms with Crippen molar-refractivity contribution in [3.63, 3.8) is 0 Å². The third kappa shape index (κ3) is 3.64. The Morgan fingerprint density at radius 2 is 1.79 bits per heavy atom. The van der Waals surface area contributed by atoms with Crippen LogP contribution < -0.4 is 5.32 Å². The fraction of sp³-hybridized carbons (Fsp3) is 0.235. The largest absolute Gasteiger partial charge is 0.322 e. The fourth-order valence-electron chi connectivity index (χ4n) is 2.13. The van der Waals surface area contributed by atoms with E-state index >= 15 is 0 Å². The molecule has 0 radical (unpaired) electrons. The van der Waals surface area contributed by atoms with Crippen LogP contribution in [-0.4, -0.2) is 33.0 Å². The van der Waals surface area contributed by atoms with Gasteiger partial charge in [0.1, 0.15) is 0 Å². The molecule has 2 aromatic carbocycles. The summed E-state index contributed by atoms with van der Waals surface area (Å²) in [6.07, 6.45) is 0. The van der Waals surface area contributed by atoms with E-state index in [0.29, 0.717) is 5.69 Å². The number of benzene rings is 2. The van der Waals surface area contributed by atoms with Crippen molar-refractivity contribution in [2.45, 2.75) is 18.7 Å². The first-order chi connectivity index (χ1) is 11.3. The maximum atomic E-state index is 12.4. The van der Waals surface area contributed by atoms with Gasteiger partial charge >= 0.3 is 0 Å². The summed E-state index contributed by atoms with van der Waals surface area (Å²) in [6.45, 7) is 3.87. The number of nitrogens with zero attached hydrogens (tertiary/aromatic N) is 1. The predicted molar refractivity (Wildman–Crippen MR) is 92.3 cm³/mol. The van der Waals surface area contributed by atoms with Crippen LogP contribution in [-0.2, 0) is 14.9 Å². The van der Waals surface area contributed by atoms with E-state index in [1.54, 1.807) is 12.1 Å². The van der Waals surface area contributed by atoms with Crippen LogP contribution >= 0.6 is 0 Å². The topological polar surface area (TPSA) is 75.7 Å². The van der Waals surface area contributed by atoms with Gasteiger partial charge in [0.25, 0.3) is 15.9 Å². The fourth-order valence-corrected chi connectivity index (χ4v) is 3.14. The zero-order chi connectivity index (χ0) is 17.9. The van der Waals surface area contributed by atoms with Crippen LogP contribution in [0.5, 0.6) is 0 Å². The van der Waals surface area contributed by atoms with Crippen molar-refractivity contribution in [2.75, 3.05) is 19.5 Å². The minimum Gasteiger partial charge on any atom is -0.322 e. The van der Waals surface area contributed by atoms with Crippen molar-refractivity contribution >= 4 is 21.6 Å². The highest BCUT2D eigenvalue weighted by molar-refractivity contribution is 7.89. The maximum absolute atomic E-state index is 12.4. The highest BCUT2D eigenvalue weighted by Gasteiger charge is 2.22. The number of hydrogen-bond donors (Lipinski definition) is 1. The van der Waals surface area contributed by atoms with Crippen LogP contribution in [0.1, 0.15) is 21.5 Å². The predicted octanol–water partition coefficient (Wildman–Crippen LogP) is 2.74. The molecule has 0 spiro atoms. The molecule has 6 nitrogen and oxygen atoms in total. The molecular weight excluding hydrogens is 328 g/mol. The zero-order valence-electron chi connectivity index (χ0n) is 14.0. The van der Waals surface area contributed by atoms with E-state index in [4.69, 9.17) is 4.84 Å². The summed E-state index contributed by atoms with van der Waals surface area (Å²) in [6, 6.07) is 11.4. The van der Waals surface area contributed by atoms with E-state index in [9.17, 15) is 13.2 Å². The summed E-state index contributed by atoms with van der Waals surface area (Å²) in [4.78, 5) is 17.2. The van der Waals surface area contributed by atoms with Gasteiger partial charge in [-0.2, -0.15) is 0 Å². The molecule has 2 aromatic rings. The number of rotatable bonds is 5. The molecule has 0 atom stereocenters. The van der Waals surface area contributed by atoms with Gasteiger partial charge in [0.15, 0.2) is 0 Å². The van der Waals surface area contributed by atoms with Crippen molar-refractivity contribution in [1.82, 2.24) is 4.47 Å².